The Morgan fingerprint density at radius 2 is 1.68 bits per heavy atom. The quantitative estimate of drug-likeness (QED) is 0.202. The maximum absolute atomic E-state index is 13.0. The van der Waals surface area contributed by atoms with Crippen molar-refractivity contribution in [2.45, 2.75) is 20.0 Å². The molecule has 3 aromatic carbocycles. The molecule has 0 radical (unpaired) electrons. The second-order valence-corrected chi connectivity index (χ2v) is 9.20. The smallest absolute Gasteiger partial charge is 0.293 e. The van der Waals surface area contributed by atoms with Crippen LogP contribution >= 0.6 is 11.8 Å². The predicted molar refractivity (Wildman–Crippen MR) is 147 cm³/mol. The molecule has 4 rings (SSSR count). The van der Waals surface area contributed by atoms with Gasteiger partial charge in [0.25, 0.3) is 11.1 Å². The number of allylic oxidation sites excluding steroid dienone is 1. The van der Waals surface area contributed by atoms with Crippen LogP contribution in [-0.4, -0.2) is 35.8 Å². The molecule has 2 amide bonds. The van der Waals surface area contributed by atoms with E-state index in [-0.39, 0.29) is 24.3 Å². The van der Waals surface area contributed by atoms with Gasteiger partial charge >= 0.3 is 0 Å². The van der Waals surface area contributed by atoms with Crippen molar-refractivity contribution in [2.75, 3.05) is 19.8 Å². The molecule has 1 aliphatic heterocycles. The van der Waals surface area contributed by atoms with E-state index in [9.17, 15) is 9.59 Å². The summed E-state index contributed by atoms with van der Waals surface area (Å²) in [4.78, 5) is 27.1. The molecule has 37 heavy (non-hydrogen) atoms. The second-order valence-electron chi connectivity index (χ2n) is 8.20. The van der Waals surface area contributed by atoms with E-state index in [1.54, 1.807) is 12.2 Å². The molecule has 0 spiro atoms. The van der Waals surface area contributed by atoms with Crippen LogP contribution in [0.25, 0.3) is 6.08 Å². The zero-order valence-corrected chi connectivity index (χ0v) is 21.5. The van der Waals surface area contributed by atoms with Gasteiger partial charge in [0, 0.05) is 5.56 Å². The lowest BCUT2D eigenvalue weighted by molar-refractivity contribution is -0.123. The van der Waals surface area contributed by atoms with Crippen LogP contribution in [0.15, 0.2) is 90.4 Å². The number of ether oxygens (including phenoxy) is 3. The van der Waals surface area contributed by atoms with Crippen LogP contribution in [0.3, 0.4) is 0 Å². The summed E-state index contributed by atoms with van der Waals surface area (Å²) in [6, 6.07) is 23.0. The normalized spacial score (nSPS) is 14.2. The lowest BCUT2D eigenvalue weighted by Gasteiger charge is -2.17. The largest absolute Gasteiger partial charge is 0.492 e. The van der Waals surface area contributed by atoms with E-state index in [0.717, 1.165) is 28.5 Å². The van der Waals surface area contributed by atoms with E-state index in [1.165, 1.54) is 4.90 Å². The summed E-state index contributed by atoms with van der Waals surface area (Å²) in [5.74, 6) is 1.59. The van der Waals surface area contributed by atoms with Crippen LogP contribution in [0.4, 0.5) is 4.79 Å². The van der Waals surface area contributed by atoms with Crippen molar-refractivity contribution in [3.8, 4) is 17.2 Å². The summed E-state index contributed by atoms with van der Waals surface area (Å²) in [6.45, 7) is 7.03. The van der Waals surface area contributed by atoms with Crippen LogP contribution in [0.2, 0.25) is 0 Å². The van der Waals surface area contributed by atoms with E-state index in [2.05, 4.69) is 6.58 Å². The van der Waals surface area contributed by atoms with Gasteiger partial charge in [-0.3, -0.25) is 14.5 Å². The molecule has 190 valence electrons. The van der Waals surface area contributed by atoms with Gasteiger partial charge in [-0.15, -0.1) is 6.58 Å². The summed E-state index contributed by atoms with van der Waals surface area (Å²) in [5.41, 5.74) is 2.68. The number of hydrogen-bond donors (Lipinski definition) is 0. The minimum Gasteiger partial charge on any atom is -0.492 e. The molecular weight excluding hydrogens is 486 g/mol. The van der Waals surface area contributed by atoms with E-state index >= 15 is 0 Å². The lowest BCUT2D eigenvalue weighted by Crippen LogP contribution is -2.32. The second kappa shape index (κ2) is 12.8. The highest BCUT2D eigenvalue weighted by atomic mass is 32.2. The zero-order chi connectivity index (χ0) is 26.0. The maximum atomic E-state index is 13.0. The number of nitrogens with zero attached hydrogens (tertiary/aromatic N) is 1. The van der Waals surface area contributed by atoms with Gasteiger partial charge in [0.2, 0.25) is 0 Å². The van der Waals surface area contributed by atoms with Gasteiger partial charge in [0.1, 0.15) is 19.0 Å². The van der Waals surface area contributed by atoms with E-state index in [1.807, 2.05) is 79.7 Å². The number of amides is 2. The Morgan fingerprint density at radius 3 is 2.38 bits per heavy atom. The first-order valence-corrected chi connectivity index (χ1v) is 12.9. The number of para-hydroxylation sites is 1. The Bertz CT molecular complexity index is 1270. The number of benzene rings is 3. The molecule has 0 aliphatic carbocycles. The van der Waals surface area contributed by atoms with E-state index < -0.39 is 0 Å². The molecule has 7 heteroatoms. The third-order valence-electron chi connectivity index (χ3n) is 5.54. The molecule has 6 nitrogen and oxygen atoms in total. The van der Waals surface area contributed by atoms with Gasteiger partial charge in [0.05, 0.1) is 18.1 Å². The molecule has 1 fully saturated rings. The molecular formula is C30H29NO5S. The van der Waals surface area contributed by atoms with Gasteiger partial charge in [0.15, 0.2) is 11.5 Å². The fourth-order valence-corrected chi connectivity index (χ4v) is 4.71. The first kappa shape index (κ1) is 26.1. The predicted octanol–water partition coefficient (Wildman–Crippen LogP) is 6.51. The molecule has 1 aliphatic rings. The van der Waals surface area contributed by atoms with Crippen molar-refractivity contribution in [1.82, 2.24) is 4.90 Å². The van der Waals surface area contributed by atoms with Crippen molar-refractivity contribution >= 4 is 29.0 Å². The van der Waals surface area contributed by atoms with Crippen LogP contribution in [0, 0.1) is 0 Å². The Balaban J connectivity index is 1.52. The summed E-state index contributed by atoms with van der Waals surface area (Å²) in [5, 5.41) is -0.313. The average Bonchev–Trinajstić information content (AvgIpc) is 3.17. The molecule has 0 bridgehead atoms. The van der Waals surface area contributed by atoms with Gasteiger partial charge in [-0.2, -0.15) is 0 Å². The number of carbonyl (C=O) groups is 2. The highest BCUT2D eigenvalue weighted by molar-refractivity contribution is 8.18. The molecule has 1 heterocycles. The first-order chi connectivity index (χ1) is 18.1. The third kappa shape index (κ3) is 6.83. The van der Waals surface area contributed by atoms with Gasteiger partial charge in [-0.05, 0) is 66.6 Å². The number of thioether (sulfide) groups is 1. The Kier molecular flexibility index (Phi) is 9.05. The topological polar surface area (TPSA) is 65.1 Å². The highest BCUT2D eigenvalue weighted by Gasteiger charge is 2.35. The summed E-state index contributed by atoms with van der Waals surface area (Å²) < 4.78 is 17.7. The molecule has 0 atom stereocenters. The zero-order valence-electron chi connectivity index (χ0n) is 20.7. The van der Waals surface area contributed by atoms with Crippen LogP contribution < -0.4 is 14.2 Å². The van der Waals surface area contributed by atoms with Crippen molar-refractivity contribution < 1.29 is 23.8 Å². The van der Waals surface area contributed by atoms with Crippen LogP contribution in [0.5, 0.6) is 17.2 Å². The van der Waals surface area contributed by atoms with E-state index in [4.69, 9.17) is 14.2 Å². The van der Waals surface area contributed by atoms with Crippen molar-refractivity contribution in [3.05, 3.63) is 107 Å². The lowest BCUT2D eigenvalue weighted by atomic mass is 10.0. The fraction of sp³-hybridized carbons (Fsp3) is 0.200. The van der Waals surface area contributed by atoms with Crippen molar-refractivity contribution in [2.24, 2.45) is 0 Å². The molecule has 0 N–H and O–H groups in total. The van der Waals surface area contributed by atoms with Crippen LogP contribution in [0.1, 0.15) is 23.6 Å². The standard InChI is InChI=1S/C30H29NO5S/c1-3-11-24-18-23(19-26(34-4-2)28(24)36-21-22-12-7-5-8-13-22)20-27-29(32)31(30(33)37-27)16-17-35-25-14-9-6-10-15-25/h3,5-10,12-15,18-20H,1,4,11,16-17,21H2,2H3/b27-20-. The monoisotopic (exact) mass is 515 g/mol. The third-order valence-corrected chi connectivity index (χ3v) is 6.45. The van der Waals surface area contributed by atoms with Crippen LogP contribution in [-0.2, 0) is 17.8 Å². The summed E-state index contributed by atoms with van der Waals surface area (Å²) in [7, 11) is 0. The molecule has 0 aromatic heterocycles. The summed E-state index contributed by atoms with van der Waals surface area (Å²) >= 11 is 0.924. The summed E-state index contributed by atoms with van der Waals surface area (Å²) in [6.07, 6.45) is 4.08. The van der Waals surface area contributed by atoms with Gasteiger partial charge < -0.3 is 14.2 Å². The van der Waals surface area contributed by atoms with E-state index in [0.29, 0.717) is 41.8 Å². The first-order valence-electron chi connectivity index (χ1n) is 12.1. The van der Waals surface area contributed by atoms with Crippen molar-refractivity contribution in [3.63, 3.8) is 0 Å². The van der Waals surface area contributed by atoms with Gasteiger partial charge in [-0.1, -0.05) is 54.6 Å². The molecule has 0 saturated carbocycles. The molecule has 3 aromatic rings. The van der Waals surface area contributed by atoms with Crippen molar-refractivity contribution in [1.29, 1.82) is 0 Å². The number of imide groups is 1. The molecule has 0 unspecified atom stereocenters. The number of rotatable bonds is 12. The fourth-order valence-electron chi connectivity index (χ4n) is 3.85. The minimum atomic E-state index is -0.334. The Morgan fingerprint density at radius 1 is 0.946 bits per heavy atom. The SMILES string of the molecule is C=CCc1cc(/C=C2\SC(=O)N(CCOc3ccccc3)C2=O)cc(OCC)c1OCc1ccccc1. The Labute approximate surface area is 221 Å². The molecule has 1 saturated heterocycles. The average molecular weight is 516 g/mol. The minimum absolute atomic E-state index is 0.176. The highest BCUT2D eigenvalue weighted by Crippen LogP contribution is 2.37. The van der Waals surface area contributed by atoms with Gasteiger partial charge in [-0.25, -0.2) is 0 Å². The maximum Gasteiger partial charge on any atom is 0.293 e. The number of hydrogen-bond acceptors (Lipinski definition) is 6. The Hall–Kier alpha value is -3.97. The number of carbonyl (C=O) groups excluding carboxylic acids is 2.